The van der Waals surface area contributed by atoms with Gasteiger partial charge in [0.1, 0.15) is 0 Å². The van der Waals surface area contributed by atoms with Crippen molar-refractivity contribution in [2.24, 2.45) is 11.7 Å². The second kappa shape index (κ2) is 7.92. The van der Waals surface area contributed by atoms with Gasteiger partial charge in [-0.2, -0.15) is 0 Å². The lowest BCUT2D eigenvalue weighted by molar-refractivity contribution is -0.150. The average Bonchev–Trinajstić information content (AvgIpc) is 2.45. The highest BCUT2D eigenvalue weighted by molar-refractivity contribution is 5.80. The van der Waals surface area contributed by atoms with Crippen molar-refractivity contribution in [3.05, 3.63) is 0 Å². The predicted octanol–water partition coefficient (Wildman–Crippen LogP) is 0.600. The normalized spacial score (nSPS) is 25.4. The van der Waals surface area contributed by atoms with E-state index in [1.54, 1.807) is 0 Å². The molecule has 0 spiro atoms. The fourth-order valence-electron chi connectivity index (χ4n) is 3.61. The summed E-state index contributed by atoms with van der Waals surface area (Å²) in [5.41, 5.74) is 5.30. The monoisotopic (exact) mass is 311 g/mol. The molecule has 2 aliphatic rings. The van der Waals surface area contributed by atoms with E-state index in [0.717, 1.165) is 19.3 Å². The minimum absolute atomic E-state index is 0.0992. The largest absolute Gasteiger partial charge is 0.374 e. The van der Waals surface area contributed by atoms with Gasteiger partial charge in [-0.3, -0.25) is 14.5 Å². The number of rotatable bonds is 6. The number of primary amides is 1. The van der Waals surface area contributed by atoms with Gasteiger partial charge >= 0.3 is 0 Å². The number of nitrogens with two attached hydrogens (primary N) is 1. The van der Waals surface area contributed by atoms with Gasteiger partial charge in [0.15, 0.2) is 0 Å². The second-order valence-electron chi connectivity index (χ2n) is 6.88. The molecule has 1 saturated heterocycles. The summed E-state index contributed by atoms with van der Waals surface area (Å²) in [7, 11) is 0. The average molecular weight is 311 g/mol. The van der Waals surface area contributed by atoms with Crippen molar-refractivity contribution in [2.75, 3.05) is 32.8 Å². The van der Waals surface area contributed by atoms with Crippen molar-refractivity contribution >= 4 is 11.8 Å². The van der Waals surface area contributed by atoms with Crippen molar-refractivity contribution in [1.82, 2.24) is 9.80 Å². The number of amides is 2. The van der Waals surface area contributed by atoms with Gasteiger partial charge in [0.2, 0.25) is 11.8 Å². The molecular formula is C16H29N3O3. The van der Waals surface area contributed by atoms with Crippen LogP contribution in [0.15, 0.2) is 0 Å². The highest BCUT2D eigenvalue weighted by Gasteiger charge is 2.36. The van der Waals surface area contributed by atoms with Crippen LogP contribution < -0.4 is 5.73 Å². The molecule has 0 radical (unpaired) electrons. The standard InChI is InChI=1S/C16H29N3O3/c1-12(2)9-18(10-15(17)20)11-16(21)19-7-8-22-14-6-4-3-5-13(14)19/h12-14H,3-11H2,1-2H3,(H2,17,20)/t13-,14-/m0/s1. The van der Waals surface area contributed by atoms with Crippen LogP contribution in [0.5, 0.6) is 0 Å². The first kappa shape index (κ1) is 17.2. The van der Waals surface area contributed by atoms with E-state index in [-0.39, 0.29) is 37.0 Å². The van der Waals surface area contributed by atoms with Gasteiger partial charge in [0.05, 0.1) is 31.8 Å². The Labute approximate surface area is 132 Å². The highest BCUT2D eigenvalue weighted by Crippen LogP contribution is 2.28. The SMILES string of the molecule is CC(C)CN(CC(N)=O)CC(=O)N1CCO[C@H]2CCCC[C@@H]21. The molecule has 6 heteroatoms. The number of hydrogen-bond donors (Lipinski definition) is 1. The van der Waals surface area contributed by atoms with Crippen LogP contribution in [0, 0.1) is 5.92 Å². The summed E-state index contributed by atoms with van der Waals surface area (Å²) in [6, 6.07) is 0.212. The van der Waals surface area contributed by atoms with Crippen LogP contribution >= 0.6 is 0 Å². The van der Waals surface area contributed by atoms with Gasteiger partial charge in [0, 0.05) is 13.1 Å². The zero-order chi connectivity index (χ0) is 16.1. The molecule has 1 aliphatic carbocycles. The van der Waals surface area contributed by atoms with Crippen LogP contribution in [0.1, 0.15) is 39.5 Å². The quantitative estimate of drug-likeness (QED) is 0.779. The van der Waals surface area contributed by atoms with E-state index in [1.165, 1.54) is 6.42 Å². The van der Waals surface area contributed by atoms with E-state index in [1.807, 2.05) is 9.80 Å². The highest BCUT2D eigenvalue weighted by atomic mass is 16.5. The number of fused-ring (bicyclic) bond motifs is 1. The molecule has 0 aromatic rings. The molecule has 2 N–H and O–H groups in total. The fourth-order valence-corrected chi connectivity index (χ4v) is 3.61. The molecule has 6 nitrogen and oxygen atoms in total. The Kier molecular flexibility index (Phi) is 6.20. The summed E-state index contributed by atoms with van der Waals surface area (Å²) < 4.78 is 5.81. The maximum Gasteiger partial charge on any atom is 0.237 e. The molecule has 1 heterocycles. The third kappa shape index (κ3) is 4.68. The van der Waals surface area contributed by atoms with Crippen molar-refractivity contribution in [3.8, 4) is 0 Å². The van der Waals surface area contributed by atoms with Crippen molar-refractivity contribution < 1.29 is 14.3 Å². The number of ether oxygens (including phenoxy) is 1. The summed E-state index contributed by atoms with van der Waals surface area (Å²) in [5.74, 6) is 0.104. The third-order valence-electron chi connectivity index (χ3n) is 4.41. The van der Waals surface area contributed by atoms with Crippen LogP contribution in [0.2, 0.25) is 0 Å². The van der Waals surface area contributed by atoms with Crippen LogP contribution in [-0.4, -0.2) is 66.5 Å². The zero-order valence-corrected chi connectivity index (χ0v) is 13.8. The van der Waals surface area contributed by atoms with E-state index in [9.17, 15) is 9.59 Å². The lowest BCUT2D eigenvalue weighted by Crippen LogP contribution is -2.57. The van der Waals surface area contributed by atoms with Gasteiger partial charge in [-0.05, 0) is 18.8 Å². The maximum atomic E-state index is 12.7. The number of carbonyl (C=O) groups is 2. The van der Waals surface area contributed by atoms with Gasteiger partial charge in [-0.1, -0.05) is 26.7 Å². The Balaban J connectivity index is 1.97. The van der Waals surface area contributed by atoms with E-state index in [2.05, 4.69) is 13.8 Å². The van der Waals surface area contributed by atoms with Gasteiger partial charge in [-0.25, -0.2) is 0 Å². The van der Waals surface area contributed by atoms with Gasteiger partial charge < -0.3 is 15.4 Å². The Morgan fingerprint density at radius 3 is 2.68 bits per heavy atom. The fraction of sp³-hybridized carbons (Fsp3) is 0.875. The molecule has 2 amide bonds. The van der Waals surface area contributed by atoms with Crippen LogP contribution in [-0.2, 0) is 14.3 Å². The Morgan fingerprint density at radius 1 is 1.27 bits per heavy atom. The molecule has 0 unspecified atom stereocenters. The van der Waals surface area contributed by atoms with E-state index in [0.29, 0.717) is 25.6 Å². The van der Waals surface area contributed by atoms with E-state index >= 15 is 0 Å². The zero-order valence-electron chi connectivity index (χ0n) is 13.8. The second-order valence-corrected chi connectivity index (χ2v) is 6.88. The Hall–Kier alpha value is -1.14. The smallest absolute Gasteiger partial charge is 0.237 e. The summed E-state index contributed by atoms with van der Waals surface area (Å²) in [5, 5.41) is 0. The first-order valence-electron chi connectivity index (χ1n) is 8.39. The first-order chi connectivity index (χ1) is 10.5. The number of carbonyl (C=O) groups excluding carboxylic acids is 2. The van der Waals surface area contributed by atoms with Crippen molar-refractivity contribution in [3.63, 3.8) is 0 Å². The third-order valence-corrected chi connectivity index (χ3v) is 4.41. The van der Waals surface area contributed by atoms with Crippen LogP contribution in [0.3, 0.4) is 0 Å². The number of hydrogen-bond acceptors (Lipinski definition) is 4. The molecule has 1 aliphatic heterocycles. The van der Waals surface area contributed by atoms with E-state index < -0.39 is 0 Å². The minimum atomic E-state index is -0.383. The Morgan fingerprint density at radius 2 is 2.00 bits per heavy atom. The van der Waals surface area contributed by atoms with Crippen LogP contribution in [0.4, 0.5) is 0 Å². The van der Waals surface area contributed by atoms with E-state index in [4.69, 9.17) is 10.5 Å². The van der Waals surface area contributed by atoms with Crippen molar-refractivity contribution in [2.45, 2.75) is 51.7 Å². The molecule has 2 atom stereocenters. The number of morpholine rings is 1. The molecule has 1 saturated carbocycles. The van der Waals surface area contributed by atoms with Crippen LogP contribution in [0.25, 0.3) is 0 Å². The van der Waals surface area contributed by atoms with Gasteiger partial charge in [-0.15, -0.1) is 0 Å². The lowest BCUT2D eigenvalue weighted by atomic mass is 9.90. The molecule has 0 aromatic carbocycles. The predicted molar refractivity (Wildman–Crippen MR) is 84.2 cm³/mol. The molecular weight excluding hydrogens is 282 g/mol. The van der Waals surface area contributed by atoms with Gasteiger partial charge in [0.25, 0.3) is 0 Å². The maximum absolute atomic E-state index is 12.7. The Bertz CT molecular complexity index is 398. The topological polar surface area (TPSA) is 75.9 Å². The number of nitrogens with zero attached hydrogens (tertiary/aromatic N) is 2. The van der Waals surface area contributed by atoms with Crippen molar-refractivity contribution in [1.29, 1.82) is 0 Å². The summed E-state index contributed by atoms with van der Waals surface area (Å²) in [6.45, 7) is 6.54. The summed E-state index contributed by atoms with van der Waals surface area (Å²) >= 11 is 0. The molecule has 126 valence electrons. The molecule has 2 rings (SSSR count). The first-order valence-corrected chi connectivity index (χ1v) is 8.39. The lowest BCUT2D eigenvalue weighted by Gasteiger charge is -2.44. The minimum Gasteiger partial charge on any atom is -0.374 e. The molecule has 0 aromatic heterocycles. The molecule has 0 bridgehead atoms. The molecule has 2 fully saturated rings. The summed E-state index contributed by atoms with van der Waals surface area (Å²) in [6.07, 6.45) is 4.61. The molecule has 22 heavy (non-hydrogen) atoms. The summed E-state index contributed by atoms with van der Waals surface area (Å²) in [4.78, 5) is 27.8.